The number of nitro groups is 2. The van der Waals surface area contributed by atoms with E-state index in [1.54, 1.807) is 6.07 Å². The first-order chi connectivity index (χ1) is 15.7. The summed E-state index contributed by atoms with van der Waals surface area (Å²) in [5, 5.41) is 38.4. The number of benzene rings is 2. The van der Waals surface area contributed by atoms with Crippen molar-refractivity contribution in [2.24, 2.45) is 0 Å². The van der Waals surface area contributed by atoms with Crippen molar-refractivity contribution in [3.8, 4) is 11.8 Å². The molecule has 0 aliphatic heterocycles. The van der Waals surface area contributed by atoms with Crippen molar-refractivity contribution in [1.82, 2.24) is 9.78 Å². The summed E-state index contributed by atoms with van der Waals surface area (Å²) in [6, 6.07) is 5.00. The van der Waals surface area contributed by atoms with Crippen LogP contribution in [0.4, 0.5) is 49.2 Å². The lowest BCUT2D eigenvalue weighted by Crippen LogP contribution is -2.13. The van der Waals surface area contributed by atoms with E-state index < -0.39 is 56.2 Å². The van der Waals surface area contributed by atoms with E-state index in [4.69, 9.17) is 0 Å². The predicted molar refractivity (Wildman–Crippen MR) is 101 cm³/mol. The van der Waals surface area contributed by atoms with Crippen LogP contribution in [0.15, 0.2) is 42.6 Å². The molecule has 16 heteroatoms. The van der Waals surface area contributed by atoms with Crippen LogP contribution < -0.4 is 5.32 Å². The molecule has 0 aliphatic rings. The highest BCUT2D eigenvalue weighted by molar-refractivity contribution is 5.73. The summed E-state index contributed by atoms with van der Waals surface area (Å²) in [5.74, 6) is -0.465. The third-order valence-corrected chi connectivity index (χ3v) is 4.37. The molecule has 0 saturated carbocycles. The van der Waals surface area contributed by atoms with Gasteiger partial charge in [0.25, 0.3) is 0 Å². The minimum Gasteiger partial charge on any atom is -0.339 e. The molecule has 3 aromatic rings. The van der Waals surface area contributed by atoms with Crippen LogP contribution in [-0.4, -0.2) is 19.6 Å². The Morgan fingerprint density at radius 2 is 1.41 bits per heavy atom. The van der Waals surface area contributed by atoms with Crippen molar-refractivity contribution in [3.05, 3.63) is 79.5 Å². The van der Waals surface area contributed by atoms with Gasteiger partial charge in [-0.25, -0.2) is 4.68 Å². The second kappa shape index (κ2) is 8.35. The van der Waals surface area contributed by atoms with Crippen LogP contribution >= 0.6 is 0 Å². The summed E-state index contributed by atoms with van der Waals surface area (Å²) in [6.45, 7) is 0. The lowest BCUT2D eigenvalue weighted by atomic mass is 10.1. The molecule has 0 aliphatic carbocycles. The van der Waals surface area contributed by atoms with Gasteiger partial charge < -0.3 is 5.32 Å². The van der Waals surface area contributed by atoms with Gasteiger partial charge in [0.1, 0.15) is 11.6 Å². The van der Waals surface area contributed by atoms with E-state index in [0.717, 1.165) is 18.3 Å². The van der Waals surface area contributed by atoms with Gasteiger partial charge in [-0.2, -0.15) is 36.7 Å². The topological polar surface area (TPSA) is 140 Å². The summed E-state index contributed by atoms with van der Waals surface area (Å²) >= 11 is 0. The molecule has 0 bridgehead atoms. The second-order valence-electron chi connectivity index (χ2n) is 6.51. The average Bonchev–Trinajstić information content (AvgIpc) is 3.13. The maximum absolute atomic E-state index is 13.1. The zero-order chi connectivity index (χ0) is 25.4. The first-order valence-electron chi connectivity index (χ1n) is 8.71. The van der Waals surface area contributed by atoms with E-state index in [1.165, 1.54) is 0 Å². The number of rotatable bonds is 5. The van der Waals surface area contributed by atoms with Crippen LogP contribution in [0.1, 0.15) is 16.7 Å². The quantitative estimate of drug-likeness (QED) is 0.292. The van der Waals surface area contributed by atoms with Gasteiger partial charge >= 0.3 is 23.7 Å². The molecule has 0 radical (unpaired) electrons. The first-order valence-corrected chi connectivity index (χ1v) is 8.71. The molecule has 0 amide bonds. The number of halogens is 6. The van der Waals surface area contributed by atoms with Crippen LogP contribution in [0.2, 0.25) is 0 Å². The molecule has 2 aromatic carbocycles. The summed E-state index contributed by atoms with van der Waals surface area (Å²) < 4.78 is 78.2. The third-order valence-electron chi connectivity index (χ3n) is 4.37. The number of hydrogen-bond donors (Lipinski definition) is 1. The van der Waals surface area contributed by atoms with Crippen LogP contribution in [0.25, 0.3) is 5.69 Å². The Labute approximate surface area is 183 Å². The van der Waals surface area contributed by atoms with Crippen molar-refractivity contribution < 1.29 is 36.2 Å². The number of hydrogen-bond acceptors (Lipinski definition) is 7. The molecule has 34 heavy (non-hydrogen) atoms. The van der Waals surface area contributed by atoms with Crippen LogP contribution in [-0.2, 0) is 12.4 Å². The Morgan fingerprint density at radius 1 is 0.912 bits per heavy atom. The van der Waals surface area contributed by atoms with Gasteiger partial charge in [0.2, 0.25) is 5.69 Å². The normalized spacial score (nSPS) is 11.7. The van der Waals surface area contributed by atoms with E-state index >= 15 is 0 Å². The zero-order valence-corrected chi connectivity index (χ0v) is 16.2. The van der Waals surface area contributed by atoms with Crippen LogP contribution in [0.5, 0.6) is 0 Å². The molecular formula is C18H8F6N6O4. The summed E-state index contributed by atoms with van der Waals surface area (Å²) in [4.78, 5) is 20.4. The molecule has 0 spiro atoms. The molecular weight excluding hydrogens is 478 g/mol. The maximum Gasteiger partial charge on any atom is 0.416 e. The highest BCUT2D eigenvalue weighted by Crippen LogP contribution is 2.41. The monoisotopic (exact) mass is 486 g/mol. The maximum atomic E-state index is 13.1. The number of alkyl halides is 6. The highest BCUT2D eigenvalue weighted by atomic mass is 19.4. The number of nitro benzene ring substituents is 2. The fraction of sp³-hybridized carbons (Fsp3) is 0.111. The van der Waals surface area contributed by atoms with Gasteiger partial charge in [0.05, 0.1) is 27.2 Å². The van der Waals surface area contributed by atoms with Crippen LogP contribution in [0.3, 0.4) is 0 Å². The predicted octanol–water partition coefficient (Wildman–Crippen LogP) is 5.34. The van der Waals surface area contributed by atoms with Crippen molar-refractivity contribution in [3.63, 3.8) is 0 Å². The van der Waals surface area contributed by atoms with Crippen molar-refractivity contribution in [2.45, 2.75) is 12.4 Å². The van der Waals surface area contributed by atoms with E-state index in [0.29, 0.717) is 16.8 Å². The molecule has 176 valence electrons. The number of anilines is 2. The van der Waals surface area contributed by atoms with Gasteiger partial charge in [-0.1, -0.05) is 0 Å². The van der Waals surface area contributed by atoms with E-state index in [9.17, 15) is 51.8 Å². The molecule has 0 unspecified atom stereocenters. The largest absolute Gasteiger partial charge is 0.416 e. The third kappa shape index (κ3) is 4.57. The average molecular weight is 486 g/mol. The fourth-order valence-electron chi connectivity index (χ4n) is 2.86. The molecule has 0 saturated heterocycles. The van der Waals surface area contributed by atoms with E-state index in [1.807, 2.05) is 0 Å². The minimum absolute atomic E-state index is 0.0674. The van der Waals surface area contributed by atoms with E-state index in [2.05, 4.69) is 10.4 Å². The van der Waals surface area contributed by atoms with Gasteiger partial charge in [-0.05, 0) is 24.3 Å². The number of nitriles is 1. The second-order valence-corrected chi connectivity index (χ2v) is 6.51. The Kier molecular flexibility index (Phi) is 5.89. The smallest absolute Gasteiger partial charge is 0.339 e. The van der Waals surface area contributed by atoms with Crippen molar-refractivity contribution in [2.75, 3.05) is 5.32 Å². The van der Waals surface area contributed by atoms with E-state index in [-0.39, 0.29) is 23.4 Å². The van der Waals surface area contributed by atoms with Gasteiger partial charge in [0.15, 0.2) is 5.82 Å². The van der Waals surface area contributed by atoms with Gasteiger partial charge in [-0.3, -0.25) is 20.2 Å². The Hall–Kier alpha value is -4.68. The molecule has 3 rings (SSSR count). The molecule has 0 atom stereocenters. The Balaban J connectivity index is 2.24. The number of aromatic nitrogens is 2. The van der Waals surface area contributed by atoms with Crippen molar-refractivity contribution >= 4 is 22.9 Å². The zero-order valence-electron chi connectivity index (χ0n) is 16.2. The SMILES string of the molecule is N#Cc1cnn(-c2c([N+](=O)[O-])cc(C(F)(F)F)cc2[N+](=O)[O-])c1Nc1ccc(C(F)(F)F)cc1. The highest BCUT2D eigenvalue weighted by Gasteiger charge is 2.39. The van der Waals surface area contributed by atoms with Gasteiger partial charge in [0, 0.05) is 17.8 Å². The molecule has 0 fully saturated rings. The fourth-order valence-corrected chi connectivity index (χ4v) is 2.86. The molecule has 1 heterocycles. The summed E-state index contributed by atoms with van der Waals surface area (Å²) in [7, 11) is 0. The Bertz CT molecular complexity index is 1290. The molecule has 1 aromatic heterocycles. The first kappa shape index (κ1) is 24.0. The lowest BCUT2D eigenvalue weighted by molar-refractivity contribution is -0.394. The summed E-state index contributed by atoms with van der Waals surface area (Å²) in [5.41, 5.74) is -6.81. The molecule has 10 nitrogen and oxygen atoms in total. The standard InChI is InChI=1S/C18H8F6N6O4/c19-17(20,21)10-1-3-12(4-2-10)27-16-9(7-25)8-26-28(16)15-13(29(31)32)5-11(18(22,23)24)6-14(15)30(33)34/h1-6,8,27H. The minimum atomic E-state index is -5.16. The van der Waals surface area contributed by atoms with Gasteiger partial charge in [-0.15, -0.1) is 0 Å². The molecule has 1 N–H and O–H groups in total. The Morgan fingerprint density at radius 3 is 1.82 bits per heavy atom. The number of nitrogens with one attached hydrogen (secondary N) is 1. The summed E-state index contributed by atoms with van der Waals surface area (Å²) in [6.07, 6.45) is -8.99. The number of nitrogens with zero attached hydrogens (tertiary/aromatic N) is 5. The van der Waals surface area contributed by atoms with Crippen molar-refractivity contribution in [1.29, 1.82) is 5.26 Å². The van der Waals surface area contributed by atoms with Crippen LogP contribution in [0, 0.1) is 31.6 Å². The lowest BCUT2D eigenvalue weighted by Gasteiger charge is -2.14.